The molecular formula is C17H22N2O2. The van der Waals surface area contributed by atoms with Gasteiger partial charge in [-0.05, 0) is 63.0 Å². The molecule has 2 aliphatic heterocycles. The summed E-state index contributed by atoms with van der Waals surface area (Å²) in [6.45, 7) is 4.90. The molecule has 112 valence electrons. The largest absolute Gasteiger partial charge is 0.478 e. The molecule has 1 aliphatic carbocycles. The van der Waals surface area contributed by atoms with Gasteiger partial charge in [-0.2, -0.15) is 0 Å². The highest BCUT2D eigenvalue weighted by molar-refractivity contribution is 5.88. The van der Waals surface area contributed by atoms with E-state index in [9.17, 15) is 4.79 Å². The molecule has 0 unspecified atom stereocenters. The number of benzene rings is 1. The Kier molecular flexibility index (Phi) is 2.96. The summed E-state index contributed by atoms with van der Waals surface area (Å²) in [5.41, 5.74) is 2.08. The highest BCUT2D eigenvalue weighted by Crippen LogP contribution is 2.51. The van der Waals surface area contributed by atoms with Crippen LogP contribution in [0.2, 0.25) is 0 Å². The van der Waals surface area contributed by atoms with Gasteiger partial charge < -0.3 is 14.9 Å². The average molecular weight is 286 g/mol. The summed E-state index contributed by atoms with van der Waals surface area (Å²) in [6, 6.07) is 8.12. The number of hydrogen-bond acceptors (Lipinski definition) is 3. The number of anilines is 1. The molecular weight excluding hydrogens is 264 g/mol. The number of hydrogen-bond donors (Lipinski definition) is 1. The molecule has 0 atom stereocenters. The van der Waals surface area contributed by atoms with Crippen molar-refractivity contribution in [2.24, 2.45) is 5.41 Å². The minimum Gasteiger partial charge on any atom is -0.478 e. The zero-order chi connectivity index (χ0) is 14.4. The quantitative estimate of drug-likeness (QED) is 0.927. The third-order valence-corrected chi connectivity index (χ3v) is 5.53. The van der Waals surface area contributed by atoms with Gasteiger partial charge in [-0.3, -0.25) is 0 Å². The third kappa shape index (κ3) is 2.22. The standard InChI is InChI=1S/C17H22N2O2/c20-16(21)13-3-5-14(6-4-13)19-11-17(12-19)9-15(10-17)18-7-1-2-8-18/h3-6,15H,1-2,7-12H2,(H,20,21). The van der Waals surface area contributed by atoms with Crippen LogP contribution in [0.3, 0.4) is 0 Å². The number of aromatic carboxylic acids is 1. The first-order chi connectivity index (χ1) is 10.2. The van der Waals surface area contributed by atoms with E-state index in [1.807, 2.05) is 12.1 Å². The van der Waals surface area contributed by atoms with E-state index in [0.29, 0.717) is 11.0 Å². The number of carboxylic acids is 1. The van der Waals surface area contributed by atoms with Gasteiger partial charge in [0, 0.05) is 30.2 Å². The van der Waals surface area contributed by atoms with Crippen molar-refractivity contribution in [3.05, 3.63) is 29.8 Å². The number of carbonyl (C=O) groups is 1. The fraction of sp³-hybridized carbons (Fsp3) is 0.588. The van der Waals surface area contributed by atoms with Gasteiger partial charge in [0.15, 0.2) is 0 Å². The first kappa shape index (κ1) is 13.1. The molecule has 1 saturated carbocycles. The molecule has 0 amide bonds. The Morgan fingerprint density at radius 3 is 2.29 bits per heavy atom. The Bertz CT molecular complexity index is 534. The van der Waals surface area contributed by atoms with Crippen molar-refractivity contribution in [1.29, 1.82) is 0 Å². The molecule has 4 rings (SSSR count). The lowest BCUT2D eigenvalue weighted by molar-refractivity contribution is -0.00975. The van der Waals surface area contributed by atoms with E-state index in [1.54, 1.807) is 12.1 Å². The van der Waals surface area contributed by atoms with Crippen LogP contribution in [0.1, 0.15) is 36.0 Å². The van der Waals surface area contributed by atoms with Crippen LogP contribution in [0.15, 0.2) is 24.3 Å². The third-order valence-electron chi connectivity index (χ3n) is 5.53. The van der Waals surface area contributed by atoms with Crippen LogP contribution in [-0.4, -0.2) is 48.2 Å². The van der Waals surface area contributed by atoms with E-state index < -0.39 is 5.97 Å². The fourth-order valence-corrected chi connectivity index (χ4v) is 4.32. The second-order valence-corrected chi connectivity index (χ2v) is 7.01. The summed E-state index contributed by atoms with van der Waals surface area (Å²) in [5, 5.41) is 8.93. The predicted molar refractivity (Wildman–Crippen MR) is 81.9 cm³/mol. The van der Waals surface area contributed by atoms with Gasteiger partial charge in [0.2, 0.25) is 0 Å². The van der Waals surface area contributed by atoms with Crippen molar-refractivity contribution in [1.82, 2.24) is 4.90 Å². The minimum atomic E-state index is -0.853. The SMILES string of the molecule is O=C(O)c1ccc(N2CC3(CC(N4CCCC4)C3)C2)cc1. The first-order valence-corrected chi connectivity index (χ1v) is 7.98. The lowest BCUT2D eigenvalue weighted by Gasteiger charge is -2.61. The number of rotatable bonds is 3. The lowest BCUT2D eigenvalue weighted by Crippen LogP contribution is -2.66. The van der Waals surface area contributed by atoms with Gasteiger partial charge in [0.1, 0.15) is 0 Å². The maximum absolute atomic E-state index is 10.9. The molecule has 0 bridgehead atoms. The van der Waals surface area contributed by atoms with Crippen molar-refractivity contribution in [3.8, 4) is 0 Å². The molecule has 0 radical (unpaired) electrons. The number of nitrogens with zero attached hydrogens (tertiary/aromatic N) is 2. The van der Waals surface area contributed by atoms with Crippen LogP contribution in [0, 0.1) is 5.41 Å². The zero-order valence-electron chi connectivity index (χ0n) is 12.3. The van der Waals surface area contributed by atoms with Crippen LogP contribution in [0.4, 0.5) is 5.69 Å². The Labute approximate surface area is 125 Å². The van der Waals surface area contributed by atoms with E-state index in [4.69, 9.17) is 5.11 Å². The molecule has 1 spiro atoms. The Balaban J connectivity index is 1.32. The Morgan fingerprint density at radius 2 is 1.71 bits per heavy atom. The zero-order valence-corrected chi connectivity index (χ0v) is 12.3. The maximum atomic E-state index is 10.9. The summed E-state index contributed by atoms with van der Waals surface area (Å²) < 4.78 is 0. The van der Waals surface area contributed by atoms with Crippen LogP contribution < -0.4 is 4.90 Å². The molecule has 2 saturated heterocycles. The predicted octanol–water partition coefficient (Wildman–Crippen LogP) is 2.45. The van der Waals surface area contributed by atoms with Crippen molar-refractivity contribution in [2.45, 2.75) is 31.7 Å². The molecule has 3 aliphatic rings. The summed E-state index contributed by atoms with van der Waals surface area (Å²) in [4.78, 5) is 15.9. The second kappa shape index (κ2) is 4.73. The molecule has 21 heavy (non-hydrogen) atoms. The summed E-state index contributed by atoms with van der Waals surface area (Å²) in [5.74, 6) is -0.853. The molecule has 1 aromatic rings. The molecule has 4 heteroatoms. The number of likely N-dealkylation sites (tertiary alicyclic amines) is 1. The van der Waals surface area contributed by atoms with Gasteiger partial charge in [-0.15, -0.1) is 0 Å². The molecule has 4 nitrogen and oxygen atoms in total. The lowest BCUT2D eigenvalue weighted by atomic mass is 9.60. The highest BCUT2D eigenvalue weighted by Gasteiger charge is 2.53. The van der Waals surface area contributed by atoms with Crippen LogP contribution in [0.5, 0.6) is 0 Å². The van der Waals surface area contributed by atoms with Crippen molar-refractivity contribution in [3.63, 3.8) is 0 Å². The van der Waals surface area contributed by atoms with E-state index >= 15 is 0 Å². The first-order valence-electron chi connectivity index (χ1n) is 7.98. The van der Waals surface area contributed by atoms with Crippen molar-refractivity contribution < 1.29 is 9.90 Å². The maximum Gasteiger partial charge on any atom is 0.335 e. The molecule has 1 aromatic carbocycles. The van der Waals surface area contributed by atoms with Gasteiger partial charge in [-0.25, -0.2) is 4.79 Å². The van der Waals surface area contributed by atoms with Crippen LogP contribution in [0.25, 0.3) is 0 Å². The summed E-state index contributed by atoms with van der Waals surface area (Å²) in [7, 11) is 0. The normalized spacial score (nSPS) is 24.9. The fourth-order valence-electron chi connectivity index (χ4n) is 4.32. The minimum absolute atomic E-state index is 0.367. The van der Waals surface area contributed by atoms with Gasteiger partial charge in [0.25, 0.3) is 0 Å². The summed E-state index contributed by atoms with van der Waals surface area (Å²) in [6.07, 6.45) is 5.48. The van der Waals surface area contributed by atoms with E-state index in [2.05, 4.69) is 9.80 Å². The summed E-state index contributed by atoms with van der Waals surface area (Å²) >= 11 is 0. The monoisotopic (exact) mass is 286 g/mol. The van der Waals surface area contributed by atoms with Gasteiger partial charge >= 0.3 is 5.97 Å². The molecule has 1 N–H and O–H groups in total. The van der Waals surface area contributed by atoms with E-state index in [1.165, 1.54) is 38.8 Å². The van der Waals surface area contributed by atoms with Crippen LogP contribution >= 0.6 is 0 Å². The smallest absolute Gasteiger partial charge is 0.335 e. The van der Waals surface area contributed by atoms with Gasteiger partial charge in [-0.1, -0.05) is 0 Å². The Hall–Kier alpha value is -1.55. The molecule has 0 aromatic heterocycles. The molecule has 3 fully saturated rings. The number of carboxylic acid groups (broad SMARTS) is 1. The average Bonchev–Trinajstić information content (AvgIpc) is 2.90. The Morgan fingerprint density at radius 1 is 1.10 bits per heavy atom. The van der Waals surface area contributed by atoms with Crippen LogP contribution in [-0.2, 0) is 0 Å². The second-order valence-electron chi connectivity index (χ2n) is 7.01. The van der Waals surface area contributed by atoms with Crippen molar-refractivity contribution in [2.75, 3.05) is 31.1 Å². The van der Waals surface area contributed by atoms with Gasteiger partial charge in [0.05, 0.1) is 5.56 Å². The van der Waals surface area contributed by atoms with Crippen molar-refractivity contribution >= 4 is 11.7 Å². The molecule has 2 heterocycles. The topological polar surface area (TPSA) is 43.8 Å². The van der Waals surface area contributed by atoms with E-state index in [0.717, 1.165) is 24.8 Å². The highest BCUT2D eigenvalue weighted by atomic mass is 16.4. The van der Waals surface area contributed by atoms with E-state index in [-0.39, 0.29) is 0 Å².